The number of benzene rings is 2. The van der Waals surface area contributed by atoms with Crippen molar-refractivity contribution in [1.29, 1.82) is 0 Å². The summed E-state index contributed by atoms with van der Waals surface area (Å²) in [5.74, 6) is 0.891. The molecule has 0 aromatic heterocycles. The number of halogens is 3. The van der Waals surface area contributed by atoms with E-state index in [0.717, 1.165) is 69.0 Å². The Morgan fingerprint density at radius 1 is 1.09 bits per heavy atom. The first kappa shape index (κ1) is 34.2. The zero-order chi connectivity index (χ0) is 33.6. The van der Waals surface area contributed by atoms with Gasteiger partial charge in [-0.05, 0) is 81.8 Å². The minimum Gasteiger partial charge on any atom is -0.390 e. The van der Waals surface area contributed by atoms with Crippen LogP contribution in [0.3, 0.4) is 0 Å². The lowest BCUT2D eigenvalue weighted by atomic mass is 9.55. The number of nitrogens with one attached hydrogen (secondary N) is 1. The molecule has 9 heteroatoms. The number of carbonyl (C=O) groups is 2. The molecule has 2 aromatic rings. The van der Waals surface area contributed by atoms with Gasteiger partial charge >= 0.3 is 0 Å². The highest BCUT2D eigenvalue weighted by Crippen LogP contribution is 2.67. The number of amides is 2. The molecule has 4 aliphatic rings. The molecule has 47 heavy (non-hydrogen) atoms. The van der Waals surface area contributed by atoms with Crippen molar-refractivity contribution in [2.24, 2.45) is 0 Å². The van der Waals surface area contributed by atoms with E-state index in [9.17, 15) is 9.90 Å². The van der Waals surface area contributed by atoms with Gasteiger partial charge in [0.15, 0.2) is 0 Å². The van der Waals surface area contributed by atoms with Crippen LogP contribution in [0.4, 0.5) is 10.1 Å². The van der Waals surface area contributed by atoms with Crippen molar-refractivity contribution in [2.45, 2.75) is 125 Å². The van der Waals surface area contributed by atoms with E-state index in [0.29, 0.717) is 37.3 Å². The van der Waals surface area contributed by atoms with E-state index in [1.165, 1.54) is 6.07 Å². The van der Waals surface area contributed by atoms with E-state index in [-0.39, 0.29) is 28.4 Å². The SMILES string of the molecule is C#CCCCCCCCN1C(=O)[C@@]2(c3ccc(Cl)cc31)C(c1cccc(Cl)c1F)[C@H](C(=O)N[C@H]1C[C@@](C)(O)C1)N(C)C21CCCCC1. The Hall–Kier alpha value is -2.63. The van der Waals surface area contributed by atoms with Gasteiger partial charge in [0.2, 0.25) is 11.8 Å². The molecule has 2 aliphatic carbocycles. The Labute approximate surface area is 288 Å². The van der Waals surface area contributed by atoms with Crippen LogP contribution in [0.1, 0.15) is 107 Å². The van der Waals surface area contributed by atoms with Crippen LogP contribution in [0.5, 0.6) is 0 Å². The number of likely N-dealkylation sites (tertiary alicyclic amines) is 1. The predicted molar refractivity (Wildman–Crippen MR) is 185 cm³/mol. The molecule has 6 rings (SSSR count). The molecule has 252 valence electrons. The first-order chi connectivity index (χ1) is 22.5. The first-order valence-corrected chi connectivity index (χ1v) is 18.0. The van der Waals surface area contributed by atoms with Crippen molar-refractivity contribution in [2.75, 3.05) is 18.5 Å². The van der Waals surface area contributed by atoms with Crippen LogP contribution in [0, 0.1) is 18.2 Å². The van der Waals surface area contributed by atoms with Crippen LogP contribution < -0.4 is 10.2 Å². The van der Waals surface area contributed by atoms with Crippen molar-refractivity contribution in [3.63, 3.8) is 0 Å². The molecule has 0 bridgehead atoms. The molecule has 2 N–H and O–H groups in total. The molecule has 1 unspecified atom stereocenters. The zero-order valence-corrected chi connectivity index (χ0v) is 29.0. The van der Waals surface area contributed by atoms with E-state index in [1.807, 2.05) is 30.1 Å². The highest BCUT2D eigenvalue weighted by atomic mass is 35.5. The third kappa shape index (κ3) is 5.67. The van der Waals surface area contributed by atoms with Crippen molar-refractivity contribution < 1.29 is 19.1 Å². The van der Waals surface area contributed by atoms with Crippen LogP contribution >= 0.6 is 23.2 Å². The van der Waals surface area contributed by atoms with Crippen LogP contribution in [0.15, 0.2) is 36.4 Å². The smallest absolute Gasteiger partial charge is 0.240 e. The normalized spacial score (nSPS) is 29.6. The maximum absolute atomic E-state index is 16.4. The van der Waals surface area contributed by atoms with Crippen LogP contribution in [0.2, 0.25) is 10.0 Å². The number of fused-ring (bicyclic) bond motifs is 3. The molecule has 0 radical (unpaired) electrons. The van der Waals surface area contributed by atoms with Gasteiger partial charge in [0.1, 0.15) is 11.2 Å². The lowest BCUT2D eigenvalue weighted by molar-refractivity contribution is -0.131. The van der Waals surface area contributed by atoms with Gasteiger partial charge in [-0.25, -0.2) is 4.39 Å². The fourth-order valence-corrected chi connectivity index (χ4v) is 9.91. The second kappa shape index (κ2) is 13.3. The van der Waals surface area contributed by atoms with Gasteiger partial charge in [0.25, 0.3) is 0 Å². The molecule has 2 spiro atoms. The minimum atomic E-state index is -1.26. The molecule has 2 aromatic carbocycles. The standard InChI is InChI=1S/C38H46Cl2FN3O3/c1-4-5-6-7-8-9-13-21-44-30-22-25(39)17-18-28(30)38(35(44)46)31(27-15-14-16-29(40)32(27)41)33(34(45)42-26-23-36(2,47)24-26)43(3)37(38)19-11-10-12-20-37/h1,14-18,22,26,31,33,47H,5-13,19-21,23-24H2,2-3H3,(H,42,45)/t26-,31?,33-,36+,38-/m1/s1. The predicted octanol–water partition coefficient (Wildman–Crippen LogP) is 7.52. The number of unbranched alkanes of at least 4 members (excludes halogenated alkanes) is 5. The Kier molecular flexibility index (Phi) is 9.73. The van der Waals surface area contributed by atoms with Gasteiger partial charge in [0, 0.05) is 41.2 Å². The third-order valence-corrected chi connectivity index (χ3v) is 12.1. The number of anilines is 1. The summed E-state index contributed by atoms with van der Waals surface area (Å²) in [6.45, 7) is 2.26. The number of terminal acetylenes is 1. The first-order valence-electron chi connectivity index (χ1n) is 17.2. The number of likely N-dealkylation sites (N-methyl/N-ethyl adjacent to an activating group) is 1. The van der Waals surface area contributed by atoms with Gasteiger partial charge in [-0.15, -0.1) is 12.3 Å². The Bertz CT molecular complexity index is 1560. The van der Waals surface area contributed by atoms with Gasteiger partial charge < -0.3 is 15.3 Å². The lowest BCUT2D eigenvalue weighted by Crippen LogP contribution is -2.62. The van der Waals surface area contributed by atoms with Crippen molar-refractivity contribution in [3.05, 3.63) is 63.4 Å². The monoisotopic (exact) mass is 681 g/mol. The molecule has 3 atom stereocenters. The number of aliphatic hydroxyl groups is 1. The maximum Gasteiger partial charge on any atom is 0.240 e. The molecule has 2 saturated carbocycles. The molecule has 2 aliphatic heterocycles. The Morgan fingerprint density at radius 2 is 1.79 bits per heavy atom. The fraction of sp³-hybridized carbons (Fsp3) is 0.579. The molecular formula is C38H46Cl2FN3O3. The van der Waals surface area contributed by atoms with E-state index in [4.69, 9.17) is 29.6 Å². The van der Waals surface area contributed by atoms with E-state index < -0.39 is 34.3 Å². The zero-order valence-electron chi connectivity index (χ0n) is 27.5. The Morgan fingerprint density at radius 3 is 2.49 bits per heavy atom. The minimum absolute atomic E-state index is 0.0393. The summed E-state index contributed by atoms with van der Waals surface area (Å²) in [6.07, 6.45) is 16.1. The number of rotatable bonds is 10. The number of hydrogen-bond acceptors (Lipinski definition) is 4. The summed E-state index contributed by atoms with van der Waals surface area (Å²) in [6, 6.07) is 9.48. The maximum atomic E-state index is 16.4. The largest absolute Gasteiger partial charge is 0.390 e. The number of carbonyl (C=O) groups excluding carboxylic acids is 2. The second-order valence-corrected chi connectivity index (χ2v) is 15.4. The van der Waals surface area contributed by atoms with Crippen LogP contribution in [-0.2, 0) is 15.0 Å². The highest BCUT2D eigenvalue weighted by molar-refractivity contribution is 6.31. The topological polar surface area (TPSA) is 72.9 Å². The van der Waals surface area contributed by atoms with E-state index >= 15 is 9.18 Å². The summed E-state index contributed by atoms with van der Waals surface area (Å²) in [5, 5.41) is 14.1. The fourth-order valence-electron chi connectivity index (χ4n) is 9.56. The molecule has 2 amide bonds. The number of nitrogens with zero attached hydrogens (tertiary/aromatic N) is 2. The van der Waals surface area contributed by atoms with Gasteiger partial charge in [-0.3, -0.25) is 14.5 Å². The number of hydrogen-bond donors (Lipinski definition) is 2. The van der Waals surface area contributed by atoms with E-state index in [1.54, 1.807) is 19.1 Å². The van der Waals surface area contributed by atoms with Crippen LogP contribution in [0.25, 0.3) is 0 Å². The summed E-state index contributed by atoms with van der Waals surface area (Å²) in [7, 11) is 1.94. The summed E-state index contributed by atoms with van der Waals surface area (Å²) in [5.41, 5.74) is -1.00. The summed E-state index contributed by atoms with van der Waals surface area (Å²) in [4.78, 5) is 34.1. The molecule has 1 saturated heterocycles. The lowest BCUT2D eigenvalue weighted by Gasteiger charge is -2.50. The van der Waals surface area contributed by atoms with Gasteiger partial charge in [-0.1, -0.05) is 79.9 Å². The van der Waals surface area contributed by atoms with Crippen molar-refractivity contribution in [3.8, 4) is 12.3 Å². The third-order valence-electron chi connectivity index (χ3n) is 11.6. The van der Waals surface area contributed by atoms with Gasteiger partial charge in [-0.2, -0.15) is 0 Å². The second-order valence-electron chi connectivity index (χ2n) is 14.5. The molecule has 6 nitrogen and oxygen atoms in total. The summed E-state index contributed by atoms with van der Waals surface area (Å²) >= 11 is 13.1. The highest BCUT2D eigenvalue weighted by Gasteiger charge is 2.75. The molecular weight excluding hydrogens is 636 g/mol. The van der Waals surface area contributed by atoms with E-state index in [2.05, 4.69) is 16.1 Å². The quantitative estimate of drug-likeness (QED) is 0.201. The van der Waals surface area contributed by atoms with Crippen LogP contribution in [-0.4, -0.2) is 58.6 Å². The average molecular weight is 683 g/mol. The molecule has 3 fully saturated rings. The Balaban J connectivity index is 1.49. The molecule has 2 heterocycles. The summed E-state index contributed by atoms with van der Waals surface area (Å²) < 4.78 is 16.4. The van der Waals surface area contributed by atoms with Gasteiger partial charge in [0.05, 0.1) is 16.7 Å². The van der Waals surface area contributed by atoms with Crippen molar-refractivity contribution >= 4 is 40.7 Å². The van der Waals surface area contributed by atoms with Crippen molar-refractivity contribution in [1.82, 2.24) is 10.2 Å². The average Bonchev–Trinajstić information content (AvgIpc) is 3.39.